The lowest BCUT2D eigenvalue weighted by Crippen LogP contribution is -2.01. The van der Waals surface area contributed by atoms with E-state index in [0.29, 0.717) is 5.69 Å². The van der Waals surface area contributed by atoms with Crippen molar-refractivity contribution < 1.29 is 4.39 Å². The molecule has 0 aliphatic rings. The van der Waals surface area contributed by atoms with Crippen molar-refractivity contribution in [1.82, 2.24) is 4.57 Å². The van der Waals surface area contributed by atoms with Crippen molar-refractivity contribution in [2.24, 2.45) is 0 Å². The molecule has 0 unspecified atom stereocenters. The molecule has 0 spiro atoms. The molecule has 0 atom stereocenters. The maximum absolute atomic E-state index is 14.1. The monoisotopic (exact) mass is 329 g/mol. The average molecular weight is 330 g/mol. The third kappa shape index (κ3) is 2.29. The zero-order valence-electron chi connectivity index (χ0n) is 11.0. The van der Waals surface area contributed by atoms with Gasteiger partial charge in [0.25, 0.3) is 0 Å². The zero-order chi connectivity index (χ0) is 14.1. The van der Waals surface area contributed by atoms with Crippen LogP contribution in [0.4, 0.5) is 4.39 Å². The third-order valence-electron chi connectivity index (χ3n) is 3.31. The largest absolute Gasteiger partial charge is 0.311 e. The van der Waals surface area contributed by atoms with Gasteiger partial charge in [0.15, 0.2) is 0 Å². The molecule has 0 saturated heterocycles. The molecule has 100 valence electrons. The Hall–Kier alpha value is -1.87. The van der Waals surface area contributed by atoms with E-state index in [9.17, 15) is 4.39 Å². The minimum absolute atomic E-state index is 0.217. The zero-order valence-corrected chi connectivity index (χ0v) is 12.6. The number of aryl methyl sites for hydroxylation is 1. The molecule has 0 radical (unpaired) electrons. The van der Waals surface area contributed by atoms with E-state index >= 15 is 0 Å². The first-order valence-electron chi connectivity index (χ1n) is 6.36. The van der Waals surface area contributed by atoms with Gasteiger partial charge in [-0.25, -0.2) is 4.39 Å². The summed E-state index contributed by atoms with van der Waals surface area (Å²) in [6, 6.07) is 18.9. The van der Waals surface area contributed by atoms with Gasteiger partial charge in [-0.1, -0.05) is 40.2 Å². The van der Waals surface area contributed by atoms with Gasteiger partial charge in [0, 0.05) is 10.2 Å². The lowest BCUT2D eigenvalue weighted by Gasteiger charge is -2.13. The predicted octanol–water partition coefficient (Wildman–Crippen LogP) is 5.35. The van der Waals surface area contributed by atoms with Gasteiger partial charge in [0.05, 0.1) is 11.4 Å². The van der Waals surface area contributed by atoms with Crippen LogP contribution < -0.4 is 0 Å². The quantitative estimate of drug-likeness (QED) is 0.596. The number of para-hydroxylation sites is 1. The summed E-state index contributed by atoms with van der Waals surface area (Å²) < 4.78 is 17.0. The summed E-state index contributed by atoms with van der Waals surface area (Å²) in [5.74, 6) is -0.217. The molecule has 1 heterocycles. The molecule has 1 aromatic heterocycles. The molecule has 3 aromatic rings. The smallest absolute Gasteiger partial charge is 0.147 e. The molecular formula is C17H13BrFN. The molecular weight excluding hydrogens is 317 g/mol. The van der Waals surface area contributed by atoms with Crippen LogP contribution in [0.5, 0.6) is 0 Å². The van der Waals surface area contributed by atoms with Crippen molar-refractivity contribution in [3.05, 3.63) is 76.6 Å². The highest BCUT2D eigenvalue weighted by Gasteiger charge is 2.12. The fraction of sp³-hybridized carbons (Fsp3) is 0.0588. The van der Waals surface area contributed by atoms with Crippen LogP contribution in [0.25, 0.3) is 16.9 Å². The first-order chi connectivity index (χ1) is 9.66. The second kappa shape index (κ2) is 5.25. The average Bonchev–Trinajstić information content (AvgIpc) is 2.82. The number of halogens is 2. The number of nitrogens with zero attached hydrogens (tertiary/aromatic N) is 1. The Bertz CT molecular complexity index is 744. The van der Waals surface area contributed by atoms with Crippen LogP contribution in [0, 0.1) is 12.7 Å². The molecule has 0 saturated carbocycles. The minimum atomic E-state index is -0.217. The molecule has 0 aliphatic heterocycles. The van der Waals surface area contributed by atoms with E-state index in [0.717, 1.165) is 21.4 Å². The van der Waals surface area contributed by atoms with Gasteiger partial charge in [0.2, 0.25) is 0 Å². The van der Waals surface area contributed by atoms with Crippen LogP contribution in [-0.4, -0.2) is 4.57 Å². The summed E-state index contributed by atoms with van der Waals surface area (Å²) in [6.07, 6.45) is 0. The normalized spacial score (nSPS) is 10.8. The lowest BCUT2D eigenvalue weighted by atomic mass is 10.1. The van der Waals surface area contributed by atoms with Gasteiger partial charge < -0.3 is 4.57 Å². The Morgan fingerprint density at radius 3 is 2.30 bits per heavy atom. The van der Waals surface area contributed by atoms with Gasteiger partial charge in [0.1, 0.15) is 5.82 Å². The maximum atomic E-state index is 14.1. The van der Waals surface area contributed by atoms with Crippen LogP contribution >= 0.6 is 15.9 Å². The molecule has 0 fully saturated rings. The Morgan fingerprint density at radius 2 is 1.60 bits per heavy atom. The summed E-state index contributed by atoms with van der Waals surface area (Å²) in [6.45, 7) is 1.98. The van der Waals surface area contributed by atoms with Crippen molar-refractivity contribution in [2.75, 3.05) is 0 Å². The molecule has 0 N–H and O–H groups in total. The SMILES string of the molecule is Cc1ccc(-c2ccc(Br)cc2)n1-c1ccccc1F. The minimum Gasteiger partial charge on any atom is -0.311 e. The lowest BCUT2D eigenvalue weighted by molar-refractivity contribution is 0.617. The highest BCUT2D eigenvalue weighted by molar-refractivity contribution is 9.10. The number of hydrogen-bond acceptors (Lipinski definition) is 0. The summed E-state index contributed by atoms with van der Waals surface area (Å²) in [4.78, 5) is 0. The molecule has 3 rings (SSSR count). The molecule has 1 nitrogen and oxygen atoms in total. The first-order valence-corrected chi connectivity index (χ1v) is 7.15. The number of benzene rings is 2. The van der Waals surface area contributed by atoms with E-state index in [1.54, 1.807) is 12.1 Å². The van der Waals surface area contributed by atoms with E-state index in [4.69, 9.17) is 0 Å². The molecule has 0 amide bonds. The van der Waals surface area contributed by atoms with Crippen molar-refractivity contribution in [3.63, 3.8) is 0 Å². The molecule has 3 heteroatoms. The summed E-state index contributed by atoms with van der Waals surface area (Å²) in [7, 11) is 0. The first kappa shape index (κ1) is 13.1. The van der Waals surface area contributed by atoms with Gasteiger partial charge >= 0.3 is 0 Å². The van der Waals surface area contributed by atoms with Gasteiger partial charge in [-0.15, -0.1) is 0 Å². The summed E-state index contributed by atoms with van der Waals surface area (Å²) in [5.41, 5.74) is 3.63. The highest BCUT2D eigenvalue weighted by atomic mass is 79.9. The van der Waals surface area contributed by atoms with Crippen LogP contribution in [0.2, 0.25) is 0 Å². The van der Waals surface area contributed by atoms with E-state index < -0.39 is 0 Å². The van der Waals surface area contributed by atoms with Crippen molar-refractivity contribution in [2.45, 2.75) is 6.92 Å². The van der Waals surface area contributed by atoms with Crippen molar-refractivity contribution in [3.8, 4) is 16.9 Å². The fourth-order valence-electron chi connectivity index (χ4n) is 2.34. The Labute approximate surface area is 125 Å². The number of aromatic nitrogens is 1. The predicted molar refractivity (Wildman–Crippen MR) is 83.6 cm³/mol. The topological polar surface area (TPSA) is 4.93 Å². The second-order valence-corrected chi connectivity index (χ2v) is 5.57. The van der Waals surface area contributed by atoms with Gasteiger partial charge in [-0.3, -0.25) is 0 Å². The number of hydrogen-bond donors (Lipinski definition) is 0. The van der Waals surface area contributed by atoms with Gasteiger partial charge in [-0.2, -0.15) is 0 Å². The maximum Gasteiger partial charge on any atom is 0.147 e. The van der Waals surface area contributed by atoms with Crippen molar-refractivity contribution in [1.29, 1.82) is 0 Å². The fourth-order valence-corrected chi connectivity index (χ4v) is 2.60. The number of rotatable bonds is 2. The molecule has 2 aromatic carbocycles. The Kier molecular flexibility index (Phi) is 3.45. The Balaban J connectivity index is 2.20. The molecule has 20 heavy (non-hydrogen) atoms. The molecule has 0 bridgehead atoms. The van der Waals surface area contributed by atoms with Crippen LogP contribution in [0.3, 0.4) is 0 Å². The van der Waals surface area contributed by atoms with Crippen molar-refractivity contribution >= 4 is 15.9 Å². The second-order valence-electron chi connectivity index (χ2n) is 4.65. The van der Waals surface area contributed by atoms with Crippen LogP contribution in [0.1, 0.15) is 5.69 Å². The van der Waals surface area contributed by atoms with E-state index in [2.05, 4.69) is 15.9 Å². The van der Waals surface area contributed by atoms with E-state index in [1.165, 1.54) is 6.07 Å². The third-order valence-corrected chi connectivity index (χ3v) is 3.84. The summed E-state index contributed by atoms with van der Waals surface area (Å²) in [5, 5.41) is 0. The highest BCUT2D eigenvalue weighted by Crippen LogP contribution is 2.28. The molecule has 0 aliphatic carbocycles. The van der Waals surface area contributed by atoms with Crippen LogP contribution in [0.15, 0.2) is 65.1 Å². The van der Waals surface area contributed by atoms with Gasteiger partial charge in [-0.05, 0) is 48.9 Å². The van der Waals surface area contributed by atoms with E-state index in [-0.39, 0.29) is 5.82 Å². The standard InChI is InChI=1S/C17H13BrFN/c1-12-6-11-16(13-7-9-14(18)10-8-13)20(12)17-5-3-2-4-15(17)19/h2-11H,1H3. The van der Waals surface area contributed by atoms with Crippen LogP contribution in [-0.2, 0) is 0 Å². The van der Waals surface area contributed by atoms with E-state index in [1.807, 2.05) is 54.0 Å². The summed E-state index contributed by atoms with van der Waals surface area (Å²) >= 11 is 3.43. The Morgan fingerprint density at radius 1 is 0.900 bits per heavy atom.